The molecule has 0 aliphatic carbocycles. The molecule has 0 aromatic carbocycles. The highest BCUT2D eigenvalue weighted by atomic mass is 16.4. The molecule has 0 spiro atoms. The van der Waals surface area contributed by atoms with Gasteiger partial charge in [-0.05, 0) is 18.9 Å². The first-order valence-corrected chi connectivity index (χ1v) is 7.98. The second kappa shape index (κ2) is 11.6. The van der Waals surface area contributed by atoms with Crippen molar-refractivity contribution in [1.82, 2.24) is 0 Å². The summed E-state index contributed by atoms with van der Waals surface area (Å²) in [5.41, 5.74) is 0. The standard InChI is InChI=1S/C16H27NO6/c1-2-3-4-5-6-7-8-9-10-17(11-14(18)19,12-15(20)21)13-16(22)23/h9-10H,2-8,11-13H2,1H3,(H2-,18,19,20,21,22,23)/b10-9+. The van der Waals surface area contributed by atoms with E-state index < -0.39 is 42.0 Å². The number of unbranched alkanes of at least 4 members (excludes halogenated alkanes) is 6. The van der Waals surface area contributed by atoms with Crippen LogP contribution in [0.1, 0.15) is 51.9 Å². The van der Waals surface area contributed by atoms with Gasteiger partial charge in [-0.25, -0.2) is 9.59 Å². The van der Waals surface area contributed by atoms with E-state index in [4.69, 9.17) is 10.2 Å². The molecule has 0 aliphatic heterocycles. The fourth-order valence-corrected chi connectivity index (χ4v) is 2.46. The van der Waals surface area contributed by atoms with Crippen molar-refractivity contribution in [3.8, 4) is 0 Å². The number of rotatable bonds is 14. The second-order valence-corrected chi connectivity index (χ2v) is 5.79. The Morgan fingerprint density at radius 1 is 0.913 bits per heavy atom. The molecule has 132 valence electrons. The normalized spacial score (nSPS) is 11.7. The van der Waals surface area contributed by atoms with E-state index in [9.17, 15) is 19.5 Å². The minimum absolute atomic E-state index is 0.604. The Bertz CT molecular complexity index is 378. The summed E-state index contributed by atoms with van der Waals surface area (Å²) in [6.07, 6.45) is 10.4. The predicted molar refractivity (Wildman–Crippen MR) is 82.3 cm³/mol. The minimum Gasteiger partial charge on any atom is -0.544 e. The van der Waals surface area contributed by atoms with E-state index in [2.05, 4.69) is 6.92 Å². The van der Waals surface area contributed by atoms with Crippen LogP contribution in [0.5, 0.6) is 0 Å². The summed E-state index contributed by atoms with van der Waals surface area (Å²) in [6.45, 7) is 0.259. The number of hydrogen-bond donors (Lipinski definition) is 2. The molecular formula is C16H27NO6. The Morgan fingerprint density at radius 3 is 1.91 bits per heavy atom. The number of carboxylic acids is 3. The molecule has 0 rings (SSSR count). The zero-order valence-electron chi connectivity index (χ0n) is 13.7. The smallest absolute Gasteiger partial charge is 0.359 e. The van der Waals surface area contributed by atoms with Crippen LogP contribution in [0.2, 0.25) is 0 Å². The van der Waals surface area contributed by atoms with Crippen molar-refractivity contribution < 1.29 is 34.2 Å². The molecular weight excluding hydrogens is 302 g/mol. The van der Waals surface area contributed by atoms with Crippen LogP contribution in [-0.2, 0) is 14.4 Å². The Hall–Kier alpha value is -1.89. The minimum atomic E-state index is -1.48. The number of carbonyl (C=O) groups excluding carboxylic acids is 1. The van der Waals surface area contributed by atoms with E-state index in [1.54, 1.807) is 6.08 Å². The number of carbonyl (C=O) groups is 3. The van der Waals surface area contributed by atoms with Gasteiger partial charge in [-0.3, -0.25) is 4.48 Å². The van der Waals surface area contributed by atoms with Crippen molar-refractivity contribution in [3.63, 3.8) is 0 Å². The maximum atomic E-state index is 11.0. The van der Waals surface area contributed by atoms with Crippen LogP contribution in [0.4, 0.5) is 0 Å². The van der Waals surface area contributed by atoms with E-state index in [1.165, 1.54) is 25.5 Å². The molecule has 0 aromatic rings. The average molecular weight is 329 g/mol. The maximum Gasteiger partial charge on any atom is 0.359 e. The number of aliphatic carboxylic acids is 3. The van der Waals surface area contributed by atoms with Gasteiger partial charge in [0.05, 0.1) is 12.2 Å². The van der Waals surface area contributed by atoms with E-state index in [-0.39, 0.29) is 0 Å². The molecule has 0 bridgehead atoms. The zero-order valence-corrected chi connectivity index (χ0v) is 13.7. The quantitative estimate of drug-likeness (QED) is 0.363. The molecule has 0 atom stereocenters. The highest BCUT2D eigenvalue weighted by molar-refractivity contribution is 5.72. The van der Waals surface area contributed by atoms with Gasteiger partial charge in [0.15, 0.2) is 13.1 Å². The van der Waals surface area contributed by atoms with Gasteiger partial charge in [0.1, 0.15) is 6.54 Å². The zero-order chi connectivity index (χ0) is 17.7. The number of nitrogens with zero attached hydrogens (tertiary/aromatic N) is 1. The largest absolute Gasteiger partial charge is 0.544 e. The summed E-state index contributed by atoms with van der Waals surface area (Å²) in [7, 11) is 0. The molecule has 0 heterocycles. The van der Waals surface area contributed by atoms with Gasteiger partial charge in [0.25, 0.3) is 0 Å². The first kappa shape index (κ1) is 21.1. The summed E-state index contributed by atoms with van der Waals surface area (Å²) in [5, 5.41) is 28.8. The van der Waals surface area contributed by atoms with Gasteiger partial charge >= 0.3 is 11.9 Å². The second-order valence-electron chi connectivity index (χ2n) is 5.79. The lowest BCUT2D eigenvalue weighted by Crippen LogP contribution is -2.55. The van der Waals surface area contributed by atoms with Crippen LogP contribution in [0.3, 0.4) is 0 Å². The van der Waals surface area contributed by atoms with Gasteiger partial charge < -0.3 is 20.1 Å². The van der Waals surface area contributed by atoms with Crippen LogP contribution in [0, 0.1) is 0 Å². The fourth-order valence-electron chi connectivity index (χ4n) is 2.46. The first-order chi connectivity index (χ1) is 10.8. The fraction of sp³-hybridized carbons (Fsp3) is 0.688. The van der Waals surface area contributed by atoms with Crippen molar-refractivity contribution in [2.24, 2.45) is 0 Å². The lowest BCUT2D eigenvalue weighted by molar-refractivity contribution is -0.859. The Balaban J connectivity index is 4.64. The number of allylic oxidation sites excluding steroid dienone is 1. The summed E-state index contributed by atoms with van der Waals surface area (Å²) in [6, 6.07) is 0. The van der Waals surface area contributed by atoms with Crippen molar-refractivity contribution in [1.29, 1.82) is 0 Å². The third-order valence-corrected chi connectivity index (χ3v) is 3.49. The lowest BCUT2D eigenvalue weighted by Gasteiger charge is -2.32. The molecule has 0 fully saturated rings. The van der Waals surface area contributed by atoms with E-state index >= 15 is 0 Å². The molecule has 0 unspecified atom stereocenters. The van der Waals surface area contributed by atoms with E-state index in [0.717, 1.165) is 19.3 Å². The Labute approximate surface area is 136 Å². The molecule has 0 saturated heterocycles. The lowest BCUT2D eigenvalue weighted by atomic mass is 10.1. The number of carboxylic acid groups (broad SMARTS) is 3. The van der Waals surface area contributed by atoms with Crippen molar-refractivity contribution in [2.45, 2.75) is 51.9 Å². The van der Waals surface area contributed by atoms with Gasteiger partial charge in [-0.2, -0.15) is 0 Å². The molecule has 0 radical (unpaired) electrons. The van der Waals surface area contributed by atoms with Crippen LogP contribution >= 0.6 is 0 Å². The van der Waals surface area contributed by atoms with Crippen molar-refractivity contribution in [2.75, 3.05) is 19.6 Å². The van der Waals surface area contributed by atoms with E-state index in [0.29, 0.717) is 6.42 Å². The Morgan fingerprint density at radius 2 is 1.43 bits per heavy atom. The van der Waals surface area contributed by atoms with Crippen molar-refractivity contribution in [3.05, 3.63) is 12.3 Å². The molecule has 0 aliphatic rings. The SMILES string of the molecule is CCCCCCCC/C=C/[N+](CC(=O)[O-])(CC(=O)O)CC(=O)O. The van der Waals surface area contributed by atoms with Crippen LogP contribution in [0.15, 0.2) is 12.3 Å². The van der Waals surface area contributed by atoms with Crippen LogP contribution < -0.4 is 5.11 Å². The molecule has 0 aromatic heterocycles. The third-order valence-electron chi connectivity index (χ3n) is 3.49. The van der Waals surface area contributed by atoms with Crippen LogP contribution in [-0.4, -0.2) is 52.2 Å². The molecule has 7 heteroatoms. The summed E-state index contributed by atoms with van der Waals surface area (Å²) in [5.74, 6) is -3.98. The van der Waals surface area contributed by atoms with E-state index in [1.807, 2.05) is 0 Å². The van der Waals surface area contributed by atoms with Gasteiger partial charge in [0.2, 0.25) is 0 Å². The van der Waals surface area contributed by atoms with Gasteiger partial charge in [-0.15, -0.1) is 0 Å². The molecule has 0 saturated carbocycles. The van der Waals surface area contributed by atoms with Gasteiger partial charge in [-0.1, -0.05) is 39.0 Å². The summed E-state index contributed by atoms with van der Waals surface area (Å²) in [4.78, 5) is 32.8. The highest BCUT2D eigenvalue weighted by Crippen LogP contribution is 2.11. The maximum absolute atomic E-state index is 11.0. The number of quaternary nitrogens is 1. The monoisotopic (exact) mass is 329 g/mol. The van der Waals surface area contributed by atoms with Crippen LogP contribution in [0.25, 0.3) is 0 Å². The van der Waals surface area contributed by atoms with Gasteiger partial charge in [0, 0.05) is 0 Å². The molecule has 0 amide bonds. The van der Waals surface area contributed by atoms with Crippen molar-refractivity contribution >= 4 is 17.9 Å². The third kappa shape index (κ3) is 11.3. The highest BCUT2D eigenvalue weighted by Gasteiger charge is 2.31. The Kier molecular flexibility index (Phi) is 10.7. The first-order valence-electron chi connectivity index (χ1n) is 7.98. The number of hydrogen-bond acceptors (Lipinski definition) is 4. The summed E-state index contributed by atoms with van der Waals surface area (Å²) < 4.78 is -0.678. The summed E-state index contributed by atoms with van der Waals surface area (Å²) >= 11 is 0. The molecule has 7 nitrogen and oxygen atoms in total. The topological polar surface area (TPSA) is 115 Å². The molecule has 23 heavy (non-hydrogen) atoms. The average Bonchev–Trinajstić information content (AvgIpc) is 2.39. The predicted octanol–water partition coefficient (Wildman–Crippen LogP) is 0.987. The molecule has 2 N–H and O–H groups in total.